The summed E-state index contributed by atoms with van der Waals surface area (Å²) in [5.74, 6) is 1.42. The van der Waals surface area contributed by atoms with E-state index >= 15 is 0 Å². The minimum Gasteiger partial charge on any atom is -0.493 e. The first-order chi connectivity index (χ1) is 8.92. The Morgan fingerprint density at radius 2 is 2.16 bits per heavy atom. The number of thiocarbonyl (C=S) groups is 1. The van der Waals surface area contributed by atoms with E-state index in [9.17, 15) is 0 Å². The normalized spacial score (nSPS) is 16.4. The predicted octanol–water partition coefficient (Wildman–Crippen LogP) is 4.41. The fourth-order valence-corrected chi connectivity index (χ4v) is 2.94. The minimum absolute atomic E-state index is 0.202. The quantitative estimate of drug-likeness (QED) is 0.778. The first-order valence-electron chi connectivity index (χ1n) is 6.62. The van der Waals surface area contributed by atoms with Gasteiger partial charge in [-0.2, -0.15) is 0 Å². The second kappa shape index (κ2) is 5.80. The van der Waals surface area contributed by atoms with Crippen molar-refractivity contribution in [2.24, 2.45) is 11.1 Å². The third kappa shape index (κ3) is 3.93. The molecule has 0 atom stereocenters. The topological polar surface area (TPSA) is 35.2 Å². The Morgan fingerprint density at radius 3 is 2.68 bits per heavy atom. The molecule has 0 aromatic heterocycles. The molecule has 1 fully saturated rings. The van der Waals surface area contributed by atoms with Crippen LogP contribution in [0.1, 0.15) is 44.6 Å². The number of hydrogen-bond acceptors (Lipinski definition) is 2. The molecular formula is C15H20BrNOS. The van der Waals surface area contributed by atoms with Crippen LogP contribution in [0.25, 0.3) is 0 Å². The SMILES string of the molecule is CC(C)c1cc(Br)ccc1OCC1(CC(N)=S)CC1. The van der Waals surface area contributed by atoms with E-state index in [1.807, 2.05) is 12.1 Å². The lowest BCUT2D eigenvalue weighted by atomic mass is 10.0. The van der Waals surface area contributed by atoms with Crippen LogP contribution in [-0.2, 0) is 0 Å². The van der Waals surface area contributed by atoms with Gasteiger partial charge in [0.1, 0.15) is 5.75 Å². The average molecular weight is 342 g/mol. The number of rotatable bonds is 6. The summed E-state index contributed by atoms with van der Waals surface area (Å²) >= 11 is 8.53. The summed E-state index contributed by atoms with van der Waals surface area (Å²) in [6.07, 6.45) is 3.13. The summed E-state index contributed by atoms with van der Waals surface area (Å²) in [4.78, 5) is 0.598. The summed E-state index contributed by atoms with van der Waals surface area (Å²) in [5.41, 5.74) is 7.09. The van der Waals surface area contributed by atoms with Gasteiger partial charge in [-0.1, -0.05) is 42.0 Å². The second-order valence-electron chi connectivity index (χ2n) is 5.77. The van der Waals surface area contributed by atoms with Gasteiger partial charge in [0.2, 0.25) is 0 Å². The molecule has 2 nitrogen and oxygen atoms in total. The number of ether oxygens (including phenoxy) is 1. The first kappa shape index (κ1) is 14.8. The van der Waals surface area contributed by atoms with Crippen molar-refractivity contribution in [3.63, 3.8) is 0 Å². The zero-order chi connectivity index (χ0) is 14.0. The smallest absolute Gasteiger partial charge is 0.122 e. The van der Waals surface area contributed by atoms with E-state index in [4.69, 9.17) is 22.7 Å². The summed E-state index contributed by atoms with van der Waals surface area (Å²) in [5, 5.41) is 0. The lowest BCUT2D eigenvalue weighted by Crippen LogP contribution is -2.21. The fraction of sp³-hybridized carbons (Fsp3) is 0.533. The molecule has 0 aliphatic heterocycles. The van der Waals surface area contributed by atoms with Gasteiger partial charge in [-0.05, 0) is 42.5 Å². The molecule has 0 spiro atoms. The van der Waals surface area contributed by atoms with Gasteiger partial charge >= 0.3 is 0 Å². The molecule has 104 valence electrons. The lowest BCUT2D eigenvalue weighted by Gasteiger charge is -2.19. The van der Waals surface area contributed by atoms with E-state index in [-0.39, 0.29) is 5.41 Å². The summed E-state index contributed by atoms with van der Waals surface area (Å²) in [6, 6.07) is 6.19. The summed E-state index contributed by atoms with van der Waals surface area (Å²) < 4.78 is 7.14. The highest BCUT2D eigenvalue weighted by molar-refractivity contribution is 9.10. The predicted molar refractivity (Wildman–Crippen MR) is 86.8 cm³/mol. The van der Waals surface area contributed by atoms with Gasteiger partial charge in [0.25, 0.3) is 0 Å². The molecule has 1 aliphatic rings. The van der Waals surface area contributed by atoms with Crippen molar-refractivity contribution in [2.75, 3.05) is 6.61 Å². The zero-order valence-corrected chi connectivity index (χ0v) is 13.8. The molecule has 1 saturated carbocycles. The molecule has 4 heteroatoms. The highest BCUT2D eigenvalue weighted by Gasteiger charge is 2.44. The molecule has 1 aromatic carbocycles. The van der Waals surface area contributed by atoms with Crippen LogP contribution < -0.4 is 10.5 Å². The van der Waals surface area contributed by atoms with Gasteiger partial charge < -0.3 is 10.5 Å². The third-order valence-electron chi connectivity index (χ3n) is 3.63. The molecule has 0 saturated heterocycles. The molecule has 2 N–H and O–H groups in total. The van der Waals surface area contributed by atoms with Crippen LogP contribution in [0.4, 0.5) is 0 Å². The van der Waals surface area contributed by atoms with Gasteiger partial charge in [-0.3, -0.25) is 0 Å². The van der Waals surface area contributed by atoms with Crippen LogP contribution in [0.15, 0.2) is 22.7 Å². The molecule has 0 radical (unpaired) electrons. The van der Waals surface area contributed by atoms with Crippen molar-refractivity contribution in [2.45, 2.75) is 39.0 Å². The maximum absolute atomic E-state index is 6.05. The highest BCUT2D eigenvalue weighted by atomic mass is 79.9. The monoisotopic (exact) mass is 341 g/mol. The summed E-state index contributed by atoms with van der Waals surface area (Å²) in [7, 11) is 0. The van der Waals surface area contributed by atoms with E-state index in [0.717, 1.165) is 29.5 Å². The van der Waals surface area contributed by atoms with E-state index in [1.54, 1.807) is 0 Å². The molecule has 19 heavy (non-hydrogen) atoms. The van der Waals surface area contributed by atoms with Gasteiger partial charge in [-0.15, -0.1) is 0 Å². The van der Waals surface area contributed by atoms with Crippen molar-refractivity contribution in [1.82, 2.24) is 0 Å². The molecule has 0 bridgehead atoms. The van der Waals surface area contributed by atoms with Crippen molar-refractivity contribution >= 4 is 33.1 Å². The minimum atomic E-state index is 0.202. The molecule has 2 rings (SSSR count). The molecular weight excluding hydrogens is 322 g/mol. The van der Waals surface area contributed by atoms with E-state index in [1.165, 1.54) is 5.56 Å². The summed E-state index contributed by atoms with van der Waals surface area (Å²) in [6.45, 7) is 5.07. The maximum atomic E-state index is 6.05. The van der Waals surface area contributed by atoms with Crippen LogP contribution in [0.3, 0.4) is 0 Å². The van der Waals surface area contributed by atoms with Crippen LogP contribution in [0.2, 0.25) is 0 Å². The van der Waals surface area contributed by atoms with Crippen molar-refractivity contribution < 1.29 is 4.74 Å². The second-order valence-corrected chi connectivity index (χ2v) is 7.21. The van der Waals surface area contributed by atoms with Crippen molar-refractivity contribution in [3.05, 3.63) is 28.2 Å². The first-order valence-corrected chi connectivity index (χ1v) is 7.83. The Hall–Kier alpha value is -0.610. The highest BCUT2D eigenvalue weighted by Crippen LogP contribution is 2.49. The van der Waals surface area contributed by atoms with Gasteiger partial charge in [0.05, 0.1) is 11.6 Å². The Bertz CT molecular complexity index is 483. The van der Waals surface area contributed by atoms with Gasteiger partial charge in [0, 0.05) is 16.3 Å². The van der Waals surface area contributed by atoms with Gasteiger partial charge in [0.15, 0.2) is 0 Å². The van der Waals surface area contributed by atoms with Crippen molar-refractivity contribution in [1.29, 1.82) is 0 Å². The largest absolute Gasteiger partial charge is 0.493 e. The molecule has 0 unspecified atom stereocenters. The Kier molecular flexibility index (Phi) is 4.51. The third-order valence-corrected chi connectivity index (χ3v) is 4.27. The Labute approximate surface area is 128 Å². The maximum Gasteiger partial charge on any atom is 0.122 e. The molecule has 1 aliphatic carbocycles. The fourth-order valence-electron chi connectivity index (χ4n) is 2.25. The molecule has 0 heterocycles. The van der Waals surface area contributed by atoms with Crippen molar-refractivity contribution in [3.8, 4) is 5.75 Å². The van der Waals surface area contributed by atoms with Crippen LogP contribution in [-0.4, -0.2) is 11.6 Å². The molecule has 0 amide bonds. The Morgan fingerprint density at radius 1 is 1.47 bits per heavy atom. The van der Waals surface area contributed by atoms with E-state index < -0.39 is 0 Å². The molecule has 1 aromatic rings. The standard InChI is InChI=1S/C15H20BrNOS/c1-10(2)12-7-11(16)3-4-13(12)18-9-15(5-6-15)8-14(17)19/h3-4,7,10H,5-6,8-9H2,1-2H3,(H2,17,19). The average Bonchev–Trinajstić information content (AvgIpc) is 3.06. The number of halogens is 1. The zero-order valence-electron chi connectivity index (χ0n) is 11.4. The van der Waals surface area contributed by atoms with E-state index in [2.05, 4.69) is 35.8 Å². The van der Waals surface area contributed by atoms with Crippen LogP contribution >= 0.6 is 28.1 Å². The Balaban J connectivity index is 2.05. The number of hydrogen-bond donors (Lipinski definition) is 1. The lowest BCUT2D eigenvalue weighted by molar-refractivity contribution is 0.236. The van der Waals surface area contributed by atoms with Gasteiger partial charge in [-0.25, -0.2) is 0 Å². The van der Waals surface area contributed by atoms with Crippen LogP contribution in [0.5, 0.6) is 5.75 Å². The van der Waals surface area contributed by atoms with E-state index in [0.29, 0.717) is 17.5 Å². The number of nitrogens with two attached hydrogens (primary N) is 1. The number of benzene rings is 1. The van der Waals surface area contributed by atoms with Crippen LogP contribution in [0, 0.1) is 5.41 Å².